The van der Waals surface area contributed by atoms with Gasteiger partial charge in [0.1, 0.15) is 5.60 Å². The normalized spacial score (nSPS) is 14.2. The zero-order valence-corrected chi connectivity index (χ0v) is 11.5. The van der Waals surface area contributed by atoms with Crippen molar-refractivity contribution in [2.75, 3.05) is 13.2 Å². The summed E-state index contributed by atoms with van der Waals surface area (Å²) < 4.78 is 0. The maximum absolute atomic E-state index is 11.7. The molecular formula is C15H20N2O3. The number of aryl methyl sites for hydroxylation is 1. The van der Waals surface area contributed by atoms with E-state index in [0.717, 1.165) is 16.5 Å². The molecule has 1 atom stereocenters. The second-order valence-corrected chi connectivity index (χ2v) is 5.29. The third-order valence-corrected chi connectivity index (χ3v) is 3.30. The van der Waals surface area contributed by atoms with E-state index >= 15 is 0 Å². The summed E-state index contributed by atoms with van der Waals surface area (Å²) in [7, 11) is 0. The first-order valence-corrected chi connectivity index (χ1v) is 6.67. The van der Waals surface area contributed by atoms with Gasteiger partial charge in [-0.05, 0) is 25.0 Å². The Bertz CT molecular complexity index is 590. The molecule has 20 heavy (non-hydrogen) atoms. The van der Waals surface area contributed by atoms with Crippen LogP contribution in [0.4, 0.5) is 0 Å². The monoisotopic (exact) mass is 276 g/mol. The number of hydrogen-bond acceptors (Lipinski definition) is 3. The number of nitrogens with one attached hydrogen (secondary N) is 2. The maximum Gasteiger partial charge on any atom is 0.220 e. The molecule has 1 aromatic carbocycles. The number of para-hydroxylation sites is 1. The molecule has 2 rings (SSSR count). The number of carbonyl (C=O) groups is 1. The quantitative estimate of drug-likeness (QED) is 0.634. The molecule has 0 bridgehead atoms. The minimum absolute atomic E-state index is 0.0518. The molecule has 0 saturated carbocycles. The Kier molecular flexibility index (Phi) is 4.42. The number of aromatic nitrogens is 1. The highest BCUT2D eigenvalue weighted by atomic mass is 16.3. The number of amides is 1. The maximum atomic E-state index is 11.7. The molecule has 0 radical (unpaired) electrons. The highest BCUT2D eigenvalue weighted by Gasteiger charge is 2.19. The summed E-state index contributed by atoms with van der Waals surface area (Å²) in [6, 6.07) is 7.96. The van der Waals surface area contributed by atoms with Gasteiger partial charge in [-0.15, -0.1) is 0 Å². The van der Waals surface area contributed by atoms with Gasteiger partial charge in [0.15, 0.2) is 0 Å². The fraction of sp³-hybridized carbons (Fsp3) is 0.400. The highest BCUT2D eigenvalue weighted by Crippen LogP contribution is 2.18. The van der Waals surface area contributed by atoms with Crippen LogP contribution in [0.1, 0.15) is 18.9 Å². The SMILES string of the molecule is CC(O)(CO)CNC(=O)CCc1c[nH]c2ccccc12. The summed E-state index contributed by atoms with van der Waals surface area (Å²) >= 11 is 0. The molecule has 0 aliphatic carbocycles. The standard InChI is InChI=1S/C15H20N2O3/c1-15(20,10-18)9-17-14(19)7-6-11-8-16-13-5-3-2-4-12(11)13/h2-5,8,16,18,20H,6-7,9-10H2,1H3,(H,17,19). The van der Waals surface area contributed by atoms with Gasteiger partial charge in [0.2, 0.25) is 5.91 Å². The molecule has 1 heterocycles. The lowest BCUT2D eigenvalue weighted by atomic mass is 10.1. The first-order valence-electron chi connectivity index (χ1n) is 6.67. The average molecular weight is 276 g/mol. The minimum atomic E-state index is -1.27. The first kappa shape index (κ1) is 14.6. The van der Waals surface area contributed by atoms with Crippen molar-refractivity contribution in [3.05, 3.63) is 36.0 Å². The lowest BCUT2D eigenvalue weighted by Crippen LogP contribution is -2.43. The molecule has 5 nitrogen and oxygen atoms in total. The molecule has 1 unspecified atom stereocenters. The third kappa shape index (κ3) is 3.59. The number of rotatable bonds is 6. The van der Waals surface area contributed by atoms with Gasteiger partial charge in [-0.1, -0.05) is 18.2 Å². The van der Waals surface area contributed by atoms with Crippen molar-refractivity contribution < 1.29 is 15.0 Å². The van der Waals surface area contributed by atoms with Gasteiger partial charge in [-0.25, -0.2) is 0 Å². The van der Waals surface area contributed by atoms with Crippen LogP contribution in [0.5, 0.6) is 0 Å². The largest absolute Gasteiger partial charge is 0.393 e. The fourth-order valence-corrected chi connectivity index (χ4v) is 2.02. The van der Waals surface area contributed by atoms with Crippen molar-refractivity contribution in [3.63, 3.8) is 0 Å². The van der Waals surface area contributed by atoms with Crippen LogP contribution in [0.15, 0.2) is 30.5 Å². The molecule has 0 saturated heterocycles. The Hall–Kier alpha value is -1.85. The Balaban J connectivity index is 1.87. The Labute approximate surface area is 117 Å². The predicted molar refractivity (Wildman–Crippen MR) is 77.3 cm³/mol. The zero-order valence-electron chi connectivity index (χ0n) is 11.5. The second-order valence-electron chi connectivity index (χ2n) is 5.29. The van der Waals surface area contributed by atoms with Crippen molar-refractivity contribution in [1.29, 1.82) is 0 Å². The highest BCUT2D eigenvalue weighted by molar-refractivity contribution is 5.84. The summed E-state index contributed by atoms with van der Waals surface area (Å²) in [4.78, 5) is 14.9. The van der Waals surface area contributed by atoms with Gasteiger partial charge in [-0.3, -0.25) is 4.79 Å². The number of aliphatic hydroxyl groups is 2. The number of H-pyrrole nitrogens is 1. The van der Waals surface area contributed by atoms with E-state index in [1.54, 1.807) is 0 Å². The summed E-state index contributed by atoms with van der Waals surface area (Å²) in [5.41, 5.74) is 0.895. The molecule has 4 N–H and O–H groups in total. The summed E-state index contributed by atoms with van der Waals surface area (Å²) in [6.45, 7) is 1.15. The van der Waals surface area contributed by atoms with Crippen LogP contribution in [0.25, 0.3) is 10.9 Å². The van der Waals surface area contributed by atoms with Gasteiger partial charge in [0, 0.05) is 30.1 Å². The number of hydrogen-bond donors (Lipinski definition) is 4. The van der Waals surface area contributed by atoms with Crippen LogP contribution in [-0.4, -0.2) is 39.9 Å². The van der Waals surface area contributed by atoms with Crippen LogP contribution in [0.2, 0.25) is 0 Å². The molecule has 108 valence electrons. The molecular weight excluding hydrogens is 256 g/mol. The minimum Gasteiger partial charge on any atom is -0.393 e. The predicted octanol–water partition coefficient (Wildman–Crippen LogP) is 0.960. The number of carbonyl (C=O) groups excluding carboxylic acids is 1. The summed E-state index contributed by atoms with van der Waals surface area (Å²) in [6.07, 6.45) is 2.91. The molecule has 0 fully saturated rings. The smallest absolute Gasteiger partial charge is 0.220 e. The molecule has 0 aliphatic heterocycles. The van der Waals surface area contributed by atoms with E-state index < -0.39 is 5.60 Å². The topological polar surface area (TPSA) is 85.3 Å². The summed E-state index contributed by atoms with van der Waals surface area (Å²) in [5.74, 6) is -0.135. The number of aliphatic hydroxyl groups excluding tert-OH is 1. The number of benzene rings is 1. The van der Waals surface area contributed by atoms with E-state index in [1.807, 2.05) is 30.5 Å². The molecule has 1 amide bonds. The molecule has 1 aromatic heterocycles. The number of aromatic amines is 1. The van der Waals surface area contributed by atoms with E-state index in [1.165, 1.54) is 6.92 Å². The van der Waals surface area contributed by atoms with Crippen molar-refractivity contribution in [2.45, 2.75) is 25.4 Å². The third-order valence-electron chi connectivity index (χ3n) is 3.30. The van der Waals surface area contributed by atoms with E-state index in [4.69, 9.17) is 5.11 Å². The molecule has 0 spiro atoms. The van der Waals surface area contributed by atoms with Crippen molar-refractivity contribution >= 4 is 16.8 Å². The van der Waals surface area contributed by atoms with Crippen molar-refractivity contribution in [2.24, 2.45) is 0 Å². The van der Waals surface area contributed by atoms with E-state index in [2.05, 4.69) is 10.3 Å². The van der Waals surface area contributed by atoms with Crippen LogP contribution in [-0.2, 0) is 11.2 Å². The van der Waals surface area contributed by atoms with Crippen LogP contribution >= 0.6 is 0 Å². The lowest BCUT2D eigenvalue weighted by Gasteiger charge is -2.20. The molecule has 5 heteroatoms. The zero-order chi connectivity index (χ0) is 14.6. The first-order chi connectivity index (χ1) is 9.52. The lowest BCUT2D eigenvalue weighted by molar-refractivity contribution is -0.122. The average Bonchev–Trinajstić information content (AvgIpc) is 2.86. The summed E-state index contributed by atoms with van der Waals surface area (Å²) in [5, 5.41) is 22.2. The van der Waals surface area contributed by atoms with Crippen LogP contribution in [0.3, 0.4) is 0 Å². The van der Waals surface area contributed by atoms with E-state index in [-0.39, 0.29) is 19.1 Å². The van der Waals surface area contributed by atoms with Gasteiger partial charge >= 0.3 is 0 Å². The van der Waals surface area contributed by atoms with Crippen LogP contribution in [0, 0.1) is 0 Å². The van der Waals surface area contributed by atoms with Crippen LogP contribution < -0.4 is 5.32 Å². The van der Waals surface area contributed by atoms with Gasteiger partial charge in [0.25, 0.3) is 0 Å². The molecule has 2 aromatic rings. The van der Waals surface area contributed by atoms with E-state index in [9.17, 15) is 9.90 Å². The van der Waals surface area contributed by atoms with Gasteiger partial charge in [0.05, 0.1) is 6.61 Å². The fourth-order valence-electron chi connectivity index (χ4n) is 2.02. The van der Waals surface area contributed by atoms with Gasteiger partial charge in [-0.2, -0.15) is 0 Å². The van der Waals surface area contributed by atoms with Gasteiger partial charge < -0.3 is 20.5 Å². The number of fused-ring (bicyclic) bond motifs is 1. The van der Waals surface area contributed by atoms with E-state index in [0.29, 0.717) is 12.8 Å². The molecule has 0 aliphatic rings. The Morgan fingerprint density at radius 3 is 2.90 bits per heavy atom. The van der Waals surface area contributed by atoms with Crippen molar-refractivity contribution in [3.8, 4) is 0 Å². The Morgan fingerprint density at radius 1 is 1.40 bits per heavy atom. The van der Waals surface area contributed by atoms with Crippen molar-refractivity contribution in [1.82, 2.24) is 10.3 Å². The second kappa shape index (κ2) is 6.07. The Morgan fingerprint density at radius 2 is 2.15 bits per heavy atom.